The van der Waals surface area contributed by atoms with Crippen LogP contribution in [0.4, 0.5) is 20.2 Å². The van der Waals surface area contributed by atoms with Gasteiger partial charge in [0.25, 0.3) is 0 Å². The van der Waals surface area contributed by atoms with Crippen molar-refractivity contribution < 1.29 is 18.3 Å². The van der Waals surface area contributed by atoms with Crippen molar-refractivity contribution in [1.82, 2.24) is 9.61 Å². The first kappa shape index (κ1) is 28.6. The molecule has 5 N–H and O–H groups in total. The lowest BCUT2D eigenvalue weighted by molar-refractivity contribution is 0.215. The molecule has 0 radical (unpaired) electrons. The van der Waals surface area contributed by atoms with Crippen LogP contribution in [0.15, 0.2) is 53.8 Å². The monoisotopic (exact) mass is 582 g/mol. The third-order valence-corrected chi connectivity index (χ3v) is 8.78. The molecule has 41 heavy (non-hydrogen) atoms. The van der Waals surface area contributed by atoms with Gasteiger partial charge in [-0.2, -0.15) is 5.10 Å². The van der Waals surface area contributed by atoms with Crippen LogP contribution in [0.1, 0.15) is 39.2 Å². The van der Waals surface area contributed by atoms with E-state index in [4.69, 9.17) is 32.5 Å². The van der Waals surface area contributed by atoms with Crippen molar-refractivity contribution in [2.75, 3.05) is 19.5 Å². The van der Waals surface area contributed by atoms with Crippen molar-refractivity contribution in [2.24, 2.45) is 21.9 Å². The quantitative estimate of drug-likeness (QED) is 0.174. The van der Waals surface area contributed by atoms with Crippen LogP contribution in [0, 0.1) is 17.0 Å². The Labute approximate surface area is 242 Å². The highest BCUT2D eigenvalue weighted by Crippen LogP contribution is 2.46. The summed E-state index contributed by atoms with van der Waals surface area (Å²) in [6.07, 6.45) is 4.93. The van der Waals surface area contributed by atoms with Crippen LogP contribution >= 0.6 is 11.6 Å². The molecule has 0 bridgehead atoms. The Balaban J connectivity index is 1.69. The van der Waals surface area contributed by atoms with Crippen LogP contribution in [-0.4, -0.2) is 41.3 Å². The van der Waals surface area contributed by atoms with Crippen molar-refractivity contribution in [1.29, 1.82) is 0 Å². The fourth-order valence-corrected chi connectivity index (χ4v) is 5.50. The lowest BCUT2D eigenvalue weighted by atomic mass is 9.75. The van der Waals surface area contributed by atoms with E-state index in [0.29, 0.717) is 33.6 Å². The van der Waals surface area contributed by atoms with Gasteiger partial charge in [-0.3, -0.25) is 0 Å². The Morgan fingerprint density at radius 3 is 2.49 bits per heavy atom. The number of ether oxygens (including phenoxy) is 2. The maximum Gasteiger partial charge on any atom is 0.163 e. The van der Waals surface area contributed by atoms with Gasteiger partial charge in [-0.15, -0.1) is 0 Å². The van der Waals surface area contributed by atoms with E-state index in [1.54, 1.807) is 23.0 Å². The predicted octanol–water partition coefficient (Wildman–Crippen LogP) is 6.31. The van der Waals surface area contributed by atoms with Gasteiger partial charge >= 0.3 is 0 Å². The molecule has 1 aliphatic carbocycles. The molecule has 0 unspecified atom stereocenters. The van der Waals surface area contributed by atoms with Gasteiger partial charge in [-0.1, -0.05) is 25.4 Å². The number of anilines is 1. The molecule has 0 aliphatic heterocycles. The standard InChI is InChI=1S/C30H33ClF2N6O2/c1-29(2)26(8-9-30(29,3)35)38-27-19(28(34)37-22-11-17(32)6-7-20(22)31)14-36-39-15-16(10-23(27)39)18-12-24(40-4)25(41-5)13-21(18)33/h6-7,10-15,26,38H,8-9,35H2,1-5H3,(H2,34,37)/t26-,30+/m1/s1. The Hall–Kier alpha value is -3.89. The maximum atomic E-state index is 15.2. The highest BCUT2D eigenvalue weighted by molar-refractivity contribution is 6.33. The van der Waals surface area contributed by atoms with Gasteiger partial charge < -0.3 is 26.3 Å². The molecule has 2 aromatic carbocycles. The van der Waals surface area contributed by atoms with Crippen molar-refractivity contribution >= 4 is 34.3 Å². The van der Waals surface area contributed by atoms with Gasteiger partial charge in [-0.05, 0) is 44.0 Å². The van der Waals surface area contributed by atoms with Gasteiger partial charge in [0.2, 0.25) is 0 Å². The summed E-state index contributed by atoms with van der Waals surface area (Å²) in [6, 6.07) is 8.54. The summed E-state index contributed by atoms with van der Waals surface area (Å²) < 4.78 is 41.5. The fraction of sp³-hybridized carbons (Fsp3) is 0.333. The van der Waals surface area contributed by atoms with E-state index in [1.807, 2.05) is 6.07 Å². The number of nitrogens with one attached hydrogen (secondary N) is 1. The molecule has 0 spiro atoms. The Bertz CT molecular complexity index is 1670. The maximum absolute atomic E-state index is 15.2. The Morgan fingerprint density at radius 2 is 1.83 bits per heavy atom. The molecule has 216 valence electrons. The second kappa shape index (κ2) is 10.5. The Morgan fingerprint density at radius 1 is 1.12 bits per heavy atom. The molecule has 11 heteroatoms. The van der Waals surface area contributed by atoms with Crippen LogP contribution in [0.2, 0.25) is 5.02 Å². The van der Waals surface area contributed by atoms with Crippen molar-refractivity contribution in [2.45, 2.75) is 45.2 Å². The van der Waals surface area contributed by atoms with E-state index >= 15 is 4.39 Å². The minimum Gasteiger partial charge on any atom is -0.493 e. The van der Waals surface area contributed by atoms with E-state index in [9.17, 15) is 4.39 Å². The first-order valence-corrected chi connectivity index (χ1v) is 13.5. The largest absolute Gasteiger partial charge is 0.493 e. The van der Waals surface area contributed by atoms with Crippen LogP contribution in [0.3, 0.4) is 0 Å². The lowest BCUT2D eigenvalue weighted by Gasteiger charge is -2.39. The number of hydrogen-bond acceptors (Lipinski definition) is 6. The molecular weight excluding hydrogens is 550 g/mol. The molecule has 1 saturated carbocycles. The number of methoxy groups -OCH3 is 2. The number of nitrogens with zero attached hydrogens (tertiary/aromatic N) is 3. The number of aliphatic imine (C=N–C) groups is 1. The summed E-state index contributed by atoms with van der Waals surface area (Å²) in [5.74, 6) is -0.207. The molecule has 1 aliphatic rings. The first-order chi connectivity index (χ1) is 19.4. The molecule has 0 saturated heterocycles. The van der Waals surface area contributed by atoms with Gasteiger partial charge in [0.05, 0.1) is 47.9 Å². The lowest BCUT2D eigenvalue weighted by Crippen LogP contribution is -2.51. The normalized spacial score (nSPS) is 20.4. The summed E-state index contributed by atoms with van der Waals surface area (Å²) in [5, 5.41) is 8.46. The third-order valence-electron chi connectivity index (χ3n) is 8.46. The van der Waals surface area contributed by atoms with Crippen molar-refractivity contribution in [3.8, 4) is 22.6 Å². The summed E-state index contributed by atoms with van der Waals surface area (Å²) in [4.78, 5) is 4.44. The average molecular weight is 583 g/mol. The third kappa shape index (κ3) is 5.06. The number of amidine groups is 1. The molecule has 0 amide bonds. The first-order valence-electron chi connectivity index (χ1n) is 13.1. The molecule has 2 heterocycles. The van der Waals surface area contributed by atoms with E-state index in [-0.39, 0.29) is 33.8 Å². The molecule has 2 aromatic heterocycles. The zero-order valence-electron chi connectivity index (χ0n) is 23.6. The number of rotatable bonds is 7. The zero-order chi connectivity index (χ0) is 29.7. The van der Waals surface area contributed by atoms with Gasteiger partial charge in [-0.25, -0.2) is 18.3 Å². The van der Waals surface area contributed by atoms with Gasteiger partial charge in [0.15, 0.2) is 11.5 Å². The Kier molecular flexibility index (Phi) is 7.33. The van der Waals surface area contributed by atoms with Gasteiger partial charge in [0.1, 0.15) is 17.5 Å². The molecule has 1 fully saturated rings. The van der Waals surface area contributed by atoms with Crippen LogP contribution < -0.4 is 26.3 Å². The summed E-state index contributed by atoms with van der Waals surface area (Å²) in [7, 11) is 2.94. The average Bonchev–Trinajstić information content (AvgIpc) is 3.44. The van der Waals surface area contributed by atoms with Crippen LogP contribution in [0.5, 0.6) is 11.5 Å². The van der Waals surface area contributed by atoms with E-state index in [2.05, 4.69) is 36.2 Å². The molecule has 2 atom stereocenters. The summed E-state index contributed by atoms with van der Waals surface area (Å²) >= 11 is 6.27. The van der Waals surface area contributed by atoms with E-state index < -0.39 is 17.2 Å². The number of benzene rings is 2. The highest BCUT2D eigenvalue weighted by atomic mass is 35.5. The van der Waals surface area contributed by atoms with Crippen molar-refractivity contribution in [3.05, 3.63) is 71.0 Å². The van der Waals surface area contributed by atoms with E-state index in [1.165, 1.54) is 38.5 Å². The minimum atomic E-state index is -0.490. The molecule has 5 rings (SSSR count). The number of halogens is 3. The topological polar surface area (TPSA) is 112 Å². The SMILES string of the molecule is COc1cc(F)c(-c2cc3c(N[C@@H]4CC[C@](C)(N)C4(C)C)c(C(N)=Nc4cc(F)ccc4Cl)cnn3c2)cc1OC. The second-order valence-electron chi connectivity index (χ2n) is 11.1. The molecule has 8 nitrogen and oxygen atoms in total. The number of aromatic nitrogens is 2. The van der Waals surface area contributed by atoms with Crippen molar-refractivity contribution in [3.63, 3.8) is 0 Å². The predicted molar refractivity (Wildman–Crippen MR) is 159 cm³/mol. The smallest absolute Gasteiger partial charge is 0.163 e. The van der Waals surface area contributed by atoms with Crippen LogP contribution in [-0.2, 0) is 0 Å². The highest BCUT2D eigenvalue weighted by Gasteiger charge is 2.49. The van der Waals surface area contributed by atoms with Crippen LogP contribution in [0.25, 0.3) is 16.6 Å². The summed E-state index contributed by atoms with van der Waals surface area (Å²) in [6.45, 7) is 6.30. The molecular formula is C30H33ClF2N6O2. The second-order valence-corrected chi connectivity index (χ2v) is 11.6. The number of fused-ring (bicyclic) bond motifs is 1. The van der Waals surface area contributed by atoms with Gasteiger partial charge in [0, 0.05) is 46.5 Å². The number of nitrogens with two attached hydrogens (primary N) is 2. The molecule has 4 aromatic rings. The fourth-order valence-electron chi connectivity index (χ4n) is 5.34. The number of hydrogen-bond donors (Lipinski definition) is 3. The zero-order valence-corrected chi connectivity index (χ0v) is 24.3. The van der Waals surface area contributed by atoms with E-state index in [0.717, 1.165) is 12.8 Å². The minimum absolute atomic E-state index is 0.0239. The summed E-state index contributed by atoms with van der Waals surface area (Å²) in [5.41, 5.74) is 15.3.